The van der Waals surface area contributed by atoms with Crippen LogP contribution in [0.2, 0.25) is 0 Å². The van der Waals surface area contributed by atoms with Gasteiger partial charge < -0.3 is 0 Å². The van der Waals surface area contributed by atoms with Crippen molar-refractivity contribution >= 4 is 0 Å². The average molecular weight is 317 g/mol. The molecule has 0 heteroatoms. The third-order valence-corrected chi connectivity index (χ3v) is 4.98. The minimum absolute atomic E-state index is 0.964. The van der Waals surface area contributed by atoms with Crippen molar-refractivity contribution in [2.24, 2.45) is 0 Å². The van der Waals surface area contributed by atoms with Gasteiger partial charge in [0.25, 0.3) is 0 Å². The maximum Gasteiger partial charge on any atom is -0.000684 e. The molecule has 0 saturated carbocycles. The van der Waals surface area contributed by atoms with Crippen LogP contribution in [-0.4, -0.2) is 0 Å². The zero-order chi connectivity index (χ0) is 16.6. The summed E-state index contributed by atoms with van der Waals surface area (Å²) in [4.78, 5) is 0. The molecule has 25 heavy (non-hydrogen) atoms. The Morgan fingerprint density at radius 2 is 1.24 bits per heavy atom. The van der Waals surface area contributed by atoms with E-state index in [1.807, 2.05) is 0 Å². The Morgan fingerprint density at radius 1 is 0.560 bits per heavy atom. The van der Waals surface area contributed by atoms with E-state index >= 15 is 0 Å². The summed E-state index contributed by atoms with van der Waals surface area (Å²) in [6.45, 7) is 0. The predicted molar refractivity (Wildman–Crippen MR) is 104 cm³/mol. The van der Waals surface area contributed by atoms with Gasteiger partial charge in [-0.3, -0.25) is 0 Å². The number of rotatable bonds is 2. The number of hydrogen-bond acceptors (Lipinski definition) is 0. The van der Waals surface area contributed by atoms with Crippen molar-refractivity contribution in [1.29, 1.82) is 0 Å². The third-order valence-electron chi connectivity index (χ3n) is 4.98. The molecule has 5 rings (SSSR count). The van der Waals surface area contributed by atoms with Gasteiger partial charge in [-0.2, -0.15) is 0 Å². The van der Waals surface area contributed by atoms with E-state index in [0.29, 0.717) is 0 Å². The Bertz CT molecular complexity index is 957. The molecule has 0 saturated heterocycles. The van der Waals surface area contributed by atoms with Crippen LogP contribution in [-0.2, 0) is 6.42 Å². The van der Waals surface area contributed by atoms with Crippen LogP contribution in [0.4, 0.5) is 0 Å². The fraction of sp³-hybridized carbons (Fsp3) is 0.0400. The van der Waals surface area contributed by atoms with Crippen LogP contribution < -0.4 is 0 Å². The maximum atomic E-state index is 3.65. The Morgan fingerprint density at radius 3 is 2.00 bits per heavy atom. The lowest BCUT2D eigenvalue weighted by Gasteiger charge is -2.06. The first-order chi connectivity index (χ1) is 12.4. The monoisotopic (exact) mass is 317 g/mol. The zero-order valence-electron chi connectivity index (χ0n) is 13.9. The van der Waals surface area contributed by atoms with Crippen LogP contribution in [0, 0.1) is 6.07 Å². The minimum atomic E-state index is 0.964. The molecule has 0 N–H and O–H groups in total. The quantitative estimate of drug-likeness (QED) is 0.354. The predicted octanol–water partition coefficient (Wildman–Crippen LogP) is 6.39. The highest BCUT2D eigenvalue weighted by Gasteiger charge is 2.19. The van der Waals surface area contributed by atoms with Crippen molar-refractivity contribution in [2.75, 3.05) is 0 Å². The topological polar surface area (TPSA) is 0 Å². The maximum absolute atomic E-state index is 3.65. The minimum Gasteiger partial charge on any atom is -0.0622 e. The van der Waals surface area contributed by atoms with Gasteiger partial charge in [0.05, 0.1) is 0 Å². The van der Waals surface area contributed by atoms with Crippen LogP contribution in [0.3, 0.4) is 0 Å². The first kappa shape index (κ1) is 14.2. The van der Waals surface area contributed by atoms with Crippen molar-refractivity contribution in [2.45, 2.75) is 6.42 Å². The molecule has 0 spiro atoms. The number of benzene rings is 4. The number of fused-ring (bicyclic) bond motifs is 3. The molecule has 0 fully saturated rings. The summed E-state index contributed by atoms with van der Waals surface area (Å²) in [6.07, 6.45) is 0.964. The van der Waals surface area contributed by atoms with E-state index < -0.39 is 0 Å². The van der Waals surface area contributed by atoms with Crippen molar-refractivity contribution in [3.63, 3.8) is 0 Å². The normalized spacial score (nSPS) is 11.8. The van der Waals surface area contributed by atoms with E-state index in [1.54, 1.807) is 0 Å². The van der Waals surface area contributed by atoms with Crippen LogP contribution in [0.15, 0.2) is 91.0 Å². The standard InChI is InChI=1S/C25H17/c1-3-7-18(8-4-1)20-11-13-24-22(15-20)17-23-16-21(12-14-25(23)24)19-9-5-2-6-10-19/h1-15H,17H2. The highest BCUT2D eigenvalue weighted by Crippen LogP contribution is 2.40. The van der Waals surface area contributed by atoms with E-state index in [-0.39, 0.29) is 0 Å². The van der Waals surface area contributed by atoms with Crippen LogP contribution in [0.1, 0.15) is 11.1 Å². The van der Waals surface area contributed by atoms with E-state index in [4.69, 9.17) is 0 Å². The molecular formula is C25H17. The molecule has 117 valence electrons. The first-order valence-corrected chi connectivity index (χ1v) is 8.68. The number of hydrogen-bond donors (Lipinski definition) is 0. The lowest BCUT2D eigenvalue weighted by Crippen LogP contribution is -1.84. The van der Waals surface area contributed by atoms with Crippen molar-refractivity contribution in [3.8, 4) is 33.4 Å². The Balaban J connectivity index is 1.55. The van der Waals surface area contributed by atoms with E-state index in [1.165, 1.54) is 44.5 Å². The largest absolute Gasteiger partial charge is 0.0622 e. The molecule has 0 nitrogen and oxygen atoms in total. The SMILES string of the molecule is [c]1c(-c2ccccc2)ccc2c1Cc1cc(-c3ccccc3)ccc1-2. The highest BCUT2D eigenvalue weighted by atomic mass is 14.2. The molecule has 0 aliphatic heterocycles. The van der Waals surface area contributed by atoms with Crippen LogP contribution in [0.5, 0.6) is 0 Å². The average Bonchev–Trinajstić information content (AvgIpc) is 3.06. The summed E-state index contributed by atoms with van der Waals surface area (Å²) in [7, 11) is 0. The lowest BCUT2D eigenvalue weighted by molar-refractivity contribution is 1.26. The summed E-state index contributed by atoms with van der Waals surface area (Å²) in [6, 6.07) is 36.0. The molecule has 0 amide bonds. The summed E-state index contributed by atoms with van der Waals surface area (Å²) < 4.78 is 0. The zero-order valence-corrected chi connectivity index (χ0v) is 13.9. The Kier molecular flexibility index (Phi) is 3.28. The molecule has 4 aromatic carbocycles. The van der Waals surface area contributed by atoms with Gasteiger partial charge in [0, 0.05) is 0 Å². The second kappa shape index (κ2) is 5.75. The molecule has 1 aliphatic rings. The van der Waals surface area contributed by atoms with E-state index in [9.17, 15) is 0 Å². The van der Waals surface area contributed by atoms with Crippen LogP contribution >= 0.6 is 0 Å². The fourth-order valence-electron chi connectivity index (χ4n) is 3.72. The molecular weight excluding hydrogens is 300 g/mol. The van der Waals surface area contributed by atoms with Crippen LogP contribution in [0.25, 0.3) is 33.4 Å². The summed E-state index contributed by atoms with van der Waals surface area (Å²) in [5, 5.41) is 0. The third kappa shape index (κ3) is 2.47. The van der Waals surface area contributed by atoms with Gasteiger partial charge in [0.2, 0.25) is 0 Å². The van der Waals surface area contributed by atoms with Crippen molar-refractivity contribution in [3.05, 3.63) is 108 Å². The van der Waals surface area contributed by atoms with Gasteiger partial charge in [-0.05, 0) is 57.0 Å². The van der Waals surface area contributed by atoms with Crippen molar-refractivity contribution < 1.29 is 0 Å². The summed E-state index contributed by atoms with van der Waals surface area (Å²) in [5.41, 5.74) is 10.4. The molecule has 4 aromatic rings. The van der Waals surface area contributed by atoms with E-state index in [0.717, 1.165) is 6.42 Å². The Labute approximate surface area is 148 Å². The molecule has 1 aliphatic carbocycles. The van der Waals surface area contributed by atoms with Gasteiger partial charge in [-0.25, -0.2) is 0 Å². The molecule has 1 radical (unpaired) electrons. The van der Waals surface area contributed by atoms with Gasteiger partial charge >= 0.3 is 0 Å². The Hall–Kier alpha value is -3.12. The van der Waals surface area contributed by atoms with Gasteiger partial charge in [-0.15, -0.1) is 0 Å². The summed E-state index contributed by atoms with van der Waals surface area (Å²) in [5.74, 6) is 0. The molecule has 0 unspecified atom stereocenters. The molecule has 0 atom stereocenters. The van der Waals surface area contributed by atoms with E-state index in [2.05, 4.69) is 97.1 Å². The second-order valence-electron chi connectivity index (χ2n) is 6.54. The first-order valence-electron chi connectivity index (χ1n) is 8.68. The molecule has 0 heterocycles. The lowest BCUT2D eigenvalue weighted by atomic mass is 9.98. The van der Waals surface area contributed by atoms with Crippen molar-refractivity contribution in [1.82, 2.24) is 0 Å². The van der Waals surface area contributed by atoms with Gasteiger partial charge in [0.15, 0.2) is 0 Å². The highest BCUT2D eigenvalue weighted by molar-refractivity contribution is 5.82. The fourth-order valence-corrected chi connectivity index (χ4v) is 3.72. The summed E-state index contributed by atoms with van der Waals surface area (Å²) >= 11 is 0. The molecule has 0 aromatic heterocycles. The second-order valence-corrected chi connectivity index (χ2v) is 6.54. The van der Waals surface area contributed by atoms with Gasteiger partial charge in [0.1, 0.15) is 0 Å². The smallest absolute Gasteiger partial charge is 0.000684 e. The molecule has 0 bridgehead atoms. The van der Waals surface area contributed by atoms with Gasteiger partial charge in [-0.1, -0.05) is 91.0 Å².